The largest absolute Gasteiger partial charge is 0.481 e. The number of carboxylic acid groups (broad SMARTS) is 1. The molecule has 0 spiro atoms. The number of aromatic amines is 1. The molecule has 0 saturated carbocycles. The number of hydrogen-bond acceptors (Lipinski definition) is 3. The van der Waals surface area contributed by atoms with Crippen molar-refractivity contribution in [1.82, 2.24) is 9.97 Å². The standard InChI is InChI=1S/C8H6N2O3/c11-7(12)5-2-1-4-3-6(5)10-8(13)9-4/h1-3,5H,(H,11,12)(H,9,10,13). The number of aromatic nitrogens is 2. The Hall–Kier alpha value is -1.91. The zero-order valence-electron chi connectivity index (χ0n) is 6.52. The van der Waals surface area contributed by atoms with Crippen LogP contribution >= 0.6 is 0 Å². The third kappa shape index (κ3) is 1.24. The maximum Gasteiger partial charge on any atom is 0.345 e. The van der Waals surface area contributed by atoms with Crippen LogP contribution in [0.5, 0.6) is 0 Å². The van der Waals surface area contributed by atoms with Crippen molar-refractivity contribution in [3.63, 3.8) is 0 Å². The molecule has 2 bridgehead atoms. The predicted molar refractivity (Wildman–Crippen MR) is 44.3 cm³/mol. The van der Waals surface area contributed by atoms with Gasteiger partial charge in [-0.2, -0.15) is 4.98 Å². The summed E-state index contributed by atoms with van der Waals surface area (Å²) in [5.74, 6) is -1.74. The van der Waals surface area contributed by atoms with Crippen molar-refractivity contribution in [3.05, 3.63) is 34.0 Å². The Kier molecular flexibility index (Phi) is 1.51. The number of hydrogen-bond donors (Lipinski definition) is 2. The molecule has 66 valence electrons. The molecule has 1 unspecified atom stereocenters. The number of nitrogens with zero attached hydrogens (tertiary/aromatic N) is 1. The second kappa shape index (κ2) is 2.55. The highest BCUT2D eigenvalue weighted by Crippen LogP contribution is 2.20. The number of carbonyl (C=O) groups is 1. The molecule has 0 saturated heterocycles. The van der Waals surface area contributed by atoms with E-state index >= 15 is 0 Å². The summed E-state index contributed by atoms with van der Waals surface area (Å²) in [6.07, 6.45) is 3.02. The molecule has 0 aliphatic heterocycles. The number of H-pyrrole nitrogens is 1. The number of carboxylic acids is 1. The topological polar surface area (TPSA) is 83.0 Å². The van der Waals surface area contributed by atoms with E-state index < -0.39 is 17.6 Å². The summed E-state index contributed by atoms with van der Waals surface area (Å²) in [5.41, 5.74) is 0.365. The zero-order valence-corrected chi connectivity index (χ0v) is 6.52. The molecule has 0 radical (unpaired) electrons. The zero-order chi connectivity index (χ0) is 9.42. The van der Waals surface area contributed by atoms with Crippen LogP contribution in [0.25, 0.3) is 6.08 Å². The average molecular weight is 178 g/mol. The minimum Gasteiger partial charge on any atom is -0.481 e. The molecular weight excluding hydrogens is 172 g/mol. The van der Waals surface area contributed by atoms with E-state index in [-0.39, 0.29) is 0 Å². The highest BCUT2D eigenvalue weighted by Gasteiger charge is 2.21. The lowest BCUT2D eigenvalue weighted by molar-refractivity contribution is -0.137. The molecule has 1 aliphatic rings. The Morgan fingerprint density at radius 2 is 2.38 bits per heavy atom. The summed E-state index contributed by atoms with van der Waals surface area (Å²) in [4.78, 5) is 27.5. The first-order chi connectivity index (χ1) is 6.16. The SMILES string of the molecule is O=C(O)C1C=Cc2cc1[nH]c(=O)n2. The van der Waals surface area contributed by atoms with Gasteiger partial charge in [0.1, 0.15) is 5.92 Å². The van der Waals surface area contributed by atoms with Crippen LogP contribution in [0.1, 0.15) is 17.3 Å². The Morgan fingerprint density at radius 3 is 3.08 bits per heavy atom. The first kappa shape index (κ1) is 7.72. The first-order valence-corrected chi connectivity index (χ1v) is 3.69. The maximum atomic E-state index is 10.9. The summed E-state index contributed by atoms with van der Waals surface area (Å²) < 4.78 is 0. The third-order valence-corrected chi connectivity index (χ3v) is 1.85. The van der Waals surface area contributed by atoms with Gasteiger partial charge in [-0.1, -0.05) is 6.08 Å². The van der Waals surface area contributed by atoms with Crippen molar-refractivity contribution < 1.29 is 9.90 Å². The molecule has 5 nitrogen and oxygen atoms in total. The van der Waals surface area contributed by atoms with Gasteiger partial charge in [0.2, 0.25) is 0 Å². The monoisotopic (exact) mass is 178 g/mol. The van der Waals surface area contributed by atoms with Gasteiger partial charge >= 0.3 is 11.7 Å². The molecule has 1 aliphatic carbocycles. The van der Waals surface area contributed by atoms with Crippen molar-refractivity contribution in [3.8, 4) is 0 Å². The maximum absolute atomic E-state index is 10.9. The van der Waals surface area contributed by atoms with Gasteiger partial charge in [-0.15, -0.1) is 0 Å². The lowest BCUT2D eigenvalue weighted by atomic mass is 10.00. The lowest BCUT2D eigenvalue weighted by Gasteiger charge is -2.11. The fourth-order valence-electron chi connectivity index (χ4n) is 1.26. The molecular formula is C8H6N2O3. The van der Waals surface area contributed by atoms with Gasteiger partial charge < -0.3 is 10.1 Å². The van der Waals surface area contributed by atoms with Crippen molar-refractivity contribution in [2.24, 2.45) is 0 Å². The predicted octanol–water partition coefficient (Wildman–Crippen LogP) is -0.0351. The van der Waals surface area contributed by atoms with Crippen molar-refractivity contribution in [2.45, 2.75) is 5.92 Å². The van der Waals surface area contributed by atoms with Crippen LogP contribution in [-0.2, 0) is 4.79 Å². The van der Waals surface area contributed by atoms with Gasteiger partial charge in [0.05, 0.1) is 5.69 Å². The molecule has 13 heavy (non-hydrogen) atoms. The summed E-state index contributed by atoms with van der Waals surface area (Å²) in [7, 11) is 0. The van der Waals surface area contributed by atoms with Gasteiger partial charge in [0, 0.05) is 5.69 Å². The van der Waals surface area contributed by atoms with E-state index in [0.717, 1.165) is 0 Å². The van der Waals surface area contributed by atoms with E-state index in [0.29, 0.717) is 11.4 Å². The summed E-state index contributed by atoms with van der Waals surface area (Å²) in [5, 5.41) is 8.75. The molecule has 2 N–H and O–H groups in total. The Balaban J connectivity index is 2.59. The highest BCUT2D eigenvalue weighted by molar-refractivity contribution is 5.80. The van der Waals surface area contributed by atoms with Crippen LogP contribution in [0, 0.1) is 0 Å². The number of nitrogens with one attached hydrogen (secondary N) is 1. The first-order valence-electron chi connectivity index (χ1n) is 3.69. The van der Waals surface area contributed by atoms with Crippen LogP contribution in [0.15, 0.2) is 16.9 Å². The van der Waals surface area contributed by atoms with Crippen LogP contribution in [0.2, 0.25) is 0 Å². The minimum absolute atomic E-state index is 0.380. The fourth-order valence-corrected chi connectivity index (χ4v) is 1.26. The molecule has 0 amide bonds. The van der Waals surface area contributed by atoms with Gasteiger partial charge in [-0.05, 0) is 12.1 Å². The molecule has 1 aromatic heterocycles. The van der Waals surface area contributed by atoms with E-state index in [9.17, 15) is 9.59 Å². The van der Waals surface area contributed by atoms with Gasteiger partial charge in [-0.25, -0.2) is 4.79 Å². The van der Waals surface area contributed by atoms with E-state index in [1.165, 1.54) is 12.2 Å². The van der Waals surface area contributed by atoms with Gasteiger partial charge in [0.25, 0.3) is 0 Å². The number of rotatable bonds is 1. The smallest absolute Gasteiger partial charge is 0.345 e. The van der Waals surface area contributed by atoms with Crippen molar-refractivity contribution >= 4 is 12.0 Å². The quantitative estimate of drug-likeness (QED) is 0.632. The van der Waals surface area contributed by atoms with Crippen molar-refractivity contribution in [1.29, 1.82) is 0 Å². The second-order valence-corrected chi connectivity index (χ2v) is 2.74. The molecule has 1 atom stereocenters. The van der Waals surface area contributed by atoms with Crippen molar-refractivity contribution in [2.75, 3.05) is 0 Å². The summed E-state index contributed by atoms with van der Waals surface area (Å²) in [6.45, 7) is 0. The molecule has 0 aromatic carbocycles. The fraction of sp³-hybridized carbons (Fsp3) is 0.125. The number of fused-ring (bicyclic) bond motifs is 2. The highest BCUT2D eigenvalue weighted by atomic mass is 16.4. The Bertz CT molecular complexity index is 447. The van der Waals surface area contributed by atoms with Gasteiger partial charge in [-0.3, -0.25) is 4.79 Å². The second-order valence-electron chi connectivity index (χ2n) is 2.74. The Labute approximate surface area is 72.8 Å². The van der Waals surface area contributed by atoms with Crippen LogP contribution in [0.3, 0.4) is 0 Å². The van der Waals surface area contributed by atoms with E-state index in [2.05, 4.69) is 9.97 Å². The Morgan fingerprint density at radius 1 is 1.62 bits per heavy atom. The third-order valence-electron chi connectivity index (χ3n) is 1.85. The minimum atomic E-state index is -0.983. The van der Waals surface area contributed by atoms with E-state index in [4.69, 9.17) is 5.11 Å². The molecule has 1 aromatic rings. The van der Waals surface area contributed by atoms with Crippen LogP contribution in [-0.4, -0.2) is 21.0 Å². The summed E-state index contributed by atoms with van der Waals surface area (Å²) >= 11 is 0. The molecule has 1 heterocycles. The van der Waals surface area contributed by atoms with E-state index in [1.54, 1.807) is 6.07 Å². The van der Waals surface area contributed by atoms with Gasteiger partial charge in [0.15, 0.2) is 0 Å². The molecule has 2 rings (SSSR count). The normalized spacial score (nSPS) is 18.6. The molecule has 5 heteroatoms. The van der Waals surface area contributed by atoms with Crippen LogP contribution in [0.4, 0.5) is 0 Å². The lowest BCUT2D eigenvalue weighted by Crippen LogP contribution is -2.21. The average Bonchev–Trinajstić information content (AvgIpc) is 2.02. The molecule has 0 fully saturated rings. The number of aliphatic carboxylic acids is 1. The summed E-state index contributed by atoms with van der Waals surface area (Å²) in [6, 6.07) is 1.56. The van der Waals surface area contributed by atoms with Crippen LogP contribution < -0.4 is 5.69 Å². The van der Waals surface area contributed by atoms with E-state index in [1.807, 2.05) is 0 Å².